The zero-order valence-corrected chi connectivity index (χ0v) is 7.47. The van der Waals surface area contributed by atoms with Gasteiger partial charge in [-0.3, -0.25) is 0 Å². The molecule has 0 saturated heterocycles. The zero-order valence-electron chi connectivity index (χ0n) is 7.47. The van der Waals surface area contributed by atoms with Crippen LogP contribution in [0.25, 0.3) is 0 Å². The molecule has 1 aromatic carbocycles. The van der Waals surface area contributed by atoms with Crippen LogP contribution in [0.1, 0.15) is 11.1 Å². The van der Waals surface area contributed by atoms with E-state index in [0.29, 0.717) is 6.07 Å². The molecule has 0 atom stereocenters. The van der Waals surface area contributed by atoms with Crippen molar-refractivity contribution in [2.75, 3.05) is 6.61 Å². The van der Waals surface area contributed by atoms with Crippen LogP contribution in [0.5, 0.6) is 5.75 Å². The third-order valence-corrected chi connectivity index (χ3v) is 1.61. The molecule has 2 nitrogen and oxygen atoms in total. The Morgan fingerprint density at radius 1 is 1.27 bits per heavy atom. The Hall–Kier alpha value is -1.67. The van der Waals surface area contributed by atoms with Crippen molar-refractivity contribution < 1.29 is 23.4 Å². The largest absolute Gasteiger partial charge is 0.508 e. The zero-order chi connectivity index (χ0) is 11.5. The summed E-state index contributed by atoms with van der Waals surface area (Å²) in [4.78, 5) is 0. The number of rotatable bonds is 0. The summed E-state index contributed by atoms with van der Waals surface area (Å²) in [6.45, 7) is -0.516. The van der Waals surface area contributed by atoms with Gasteiger partial charge in [-0.1, -0.05) is 11.8 Å². The molecule has 0 spiro atoms. The maximum absolute atomic E-state index is 12.4. The number of halogens is 3. The number of aromatic hydroxyl groups is 1. The van der Waals surface area contributed by atoms with Gasteiger partial charge in [0.25, 0.3) is 0 Å². The lowest BCUT2D eigenvalue weighted by Crippen LogP contribution is -2.07. The Balaban J connectivity index is 3.27. The van der Waals surface area contributed by atoms with Crippen molar-refractivity contribution in [3.63, 3.8) is 0 Å². The average molecular weight is 216 g/mol. The molecule has 0 unspecified atom stereocenters. The van der Waals surface area contributed by atoms with Gasteiger partial charge in [0.1, 0.15) is 12.4 Å². The van der Waals surface area contributed by atoms with Gasteiger partial charge in [0.2, 0.25) is 0 Å². The molecule has 0 aromatic heterocycles. The number of phenols is 1. The first-order chi connectivity index (χ1) is 6.95. The van der Waals surface area contributed by atoms with Crippen molar-refractivity contribution in [2.24, 2.45) is 0 Å². The van der Waals surface area contributed by atoms with Gasteiger partial charge < -0.3 is 10.2 Å². The first-order valence-corrected chi connectivity index (χ1v) is 3.95. The second-order valence-electron chi connectivity index (χ2n) is 2.69. The summed E-state index contributed by atoms with van der Waals surface area (Å²) in [7, 11) is 0. The van der Waals surface area contributed by atoms with Gasteiger partial charge >= 0.3 is 6.18 Å². The molecule has 0 bridgehead atoms. The SMILES string of the molecule is OCC#Cc1ccc(O)cc1C(F)(F)F. The summed E-state index contributed by atoms with van der Waals surface area (Å²) < 4.78 is 37.2. The van der Waals surface area contributed by atoms with E-state index in [0.717, 1.165) is 12.1 Å². The Bertz CT molecular complexity index is 413. The number of benzene rings is 1. The van der Waals surface area contributed by atoms with E-state index in [9.17, 15) is 13.2 Å². The second-order valence-corrected chi connectivity index (χ2v) is 2.69. The van der Waals surface area contributed by atoms with Crippen molar-refractivity contribution in [1.29, 1.82) is 0 Å². The Labute approximate surface area is 84.0 Å². The summed E-state index contributed by atoms with van der Waals surface area (Å²) in [5.74, 6) is 3.81. The normalized spacial score (nSPS) is 10.7. The monoisotopic (exact) mass is 216 g/mol. The number of aliphatic hydroxyl groups is 1. The molecule has 0 saturated carbocycles. The van der Waals surface area contributed by atoms with E-state index in [1.165, 1.54) is 0 Å². The lowest BCUT2D eigenvalue weighted by Gasteiger charge is -2.09. The number of hydrogen-bond acceptors (Lipinski definition) is 2. The van der Waals surface area contributed by atoms with E-state index in [-0.39, 0.29) is 5.56 Å². The van der Waals surface area contributed by atoms with Crippen molar-refractivity contribution in [2.45, 2.75) is 6.18 Å². The van der Waals surface area contributed by atoms with E-state index in [2.05, 4.69) is 11.8 Å². The molecular weight excluding hydrogens is 209 g/mol. The third kappa shape index (κ3) is 2.89. The molecule has 15 heavy (non-hydrogen) atoms. The highest BCUT2D eigenvalue weighted by Crippen LogP contribution is 2.33. The molecule has 0 radical (unpaired) electrons. The number of hydrogen-bond donors (Lipinski definition) is 2. The lowest BCUT2D eigenvalue weighted by molar-refractivity contribution is -0.137. The van der Waals surface area contributed by atoms with Gasteiger partial charge in [0, 0.05) is 5.56 Å². The summed E-state index contributed by atoms with van der Waals surface area (Å²) in [5.41, 5.74) is -1.28. The molecule has 0 fully saturated rings. The van der Waals surface area contributed by atoms with Crippen LogP contribution in [0.3, 0.4) is 0 Å². The standard InChI is InChI=1S/C10H7F3O2/c11-10(12,13)9-6-8(15)4-3-7(9)2-1-5-14/h3-4,6,14-15H,5H2. The molecule has 0 heterocycles. The van der Waals surface area contributed by atoms with Crippen molar-refractivity contribution >= 4 is 0 Å². The first-order valence-electron chi connectivity index (χ1n) is 3.95. The van der Waals surface area contributed by atoms with Crippen LogP contribution in [0.15, 0.2) is 18.2 Å². The third-order valence-electron chi connectivity index (χ3n) is 1.61. The molecule has 0 aliphatic rings. The molecule has 0 aliphatic heterocycles. The van der Waals surface area contributed by atoms with Gasteiger partial charge in [0.05, 0.1) is 5.56 Å². The molecule has 0 aliphatic carbocycles. The maximum atomic E-state index is 12.4. The van der Waals surface area contributed by atoms with Crippen LogP contribution < -0.4 is 0 Å². The van der Waals surface area contributed by atoms with E-state index in [1.54, 1.807) is 0 Å². The van der Waals surface area contributed by atoms with Crippen LogP contribution in [-0.4, -0.2) is 16.8 Å². The van der Waals surface area contributed by atoms with Gasteiger partial charge in [-0.25, -0.2) is 0 Å². The van der Waals surface area contributed by atoms with Crippen LogP contribution >= 0.6 is 0 Å². The summed E-state index contributed by atoms with van der Waals surface area (Å²) >= 11 is 0. The molecule has 0 amide bonds. The van der Waals surface area contributed by atoms with E-state index in [4.69, 9.17) is 10.2 Å². The fourth-order valence-electron chi connectivity index (χ4n) is 1.01. The molecule has 80 valence electrons. The average Bonchev–Trinajstić information content (AvgIpc) is 2.14. The van der Waals surface area contributed by atoms with Gasteiger partial charge in [-0.15, -0.1) is 0 Å². The molecule has 5 heteroatoms. The molecule has 1 rings (SSSR count). The second kappa shape index (κ2) is 4.24. The van der Waals surface area contributed by atoms with Crippen molar-refractivity contribution in [1.82, 2.24) is 0 Å². The van der Waals surface area contributed by atoms with Crippen LogP contribution in [0.2, 0.25) is 0 Å². The van der Waals surface area contributed by atoms with Crippen LogP contribution in [0, 0.1) is 11.8 Å². The van der Waals surface area contributed by atoms with E-state index in [1.807, 2.05) is 0 Å². The van der Waals surface area contributed by atoms with E-state index >= 15 is 0 Å². The predicted molar refractivity (Wildman–Crippen MR) is 47.1 cm³/mol. The highest BCUT2D eigenvalue weighted by atomic mass is 19.4. The van der Waals surface area contributed by atoms with Crippen LogP contribution in [0.4, 0.5) is 13.2 Å². The highest BCUT2D eigenvalue weighted by molar-refractivity contribution is 5.46. The fraction of sp³-hybridized carbons (Fsp3) is 0.200. The number of aliphatic hydroxyl groups excluding tert-OH is 1. The minimum absolute atomic E-state index is 0.269. The van der Waals surface area contributed by atoms with Gasteiger partial charge in [-0.05, 0) is 18.2 Å². The first kappa shape index (κ1) is 11.4. The summed E-state index contributed by atoms with van der Waals surface area (Å²) in [5, 5.41) is 17.3. The topological polar surface area (TPSA) is 40.5 Å². The summed E-state index contributed by atoms with van der Waals surface area (Å²) in [6, 6.07) is 2.76. The minimum atomic E-state index is -4.57. The molecular formula is C10H7F3O2. The smallest absolute Gasteiger partial charge is 0.417 e. The summed E-state index contributed by atoms with van der Waals surface area (Å²) in [6.07, 6.45) is -4.57. The van der Waals surface area contributed by atoms with Crippen LogP contribution in [-0.2, 0) is 6.18 Å². The Kier molecular flexibility index (Phi) is 3.22. The Morgan fingerprint density at radius 3 is 2.47 bits per heavy atom. The quantitative estimate of drug-likeness (QED) is 0.648. The lowest BCUT2D eigenvalue weighted by atomic mass is 10.1. The minimum Gasteiger partial charge on any atom is -0.508 e. The Morgan fingerprint density at radius 2 is 1.93 bits per heavy atom. The van der Waals surface area contributed by atoms with Gasteiger partial charge in [0.15, 0.2) is 0 Å². The highest BCUT2D eigenvalue weighted by Gasteiger charge is 2.33. The van der Waals surface area contributed by atoms with Crippen molar-refractivity contribution in [3.8, 4) is 17.6 Å². The van der Waals surface area contributed by atoms with Crippen molar-refractivity contribution in [3.05, 3.63) is 29.3 Å². The molecule has 2 N–H and O–H groups in total. The fourth-order valence-corrected chi connectivity index (χ4v) is 1.01. The molecule has 1 aromatic rings. The maximum Gasteiger partial charge on any atom is 0.417 e. The predicted octanol–water partition coefficient (Wildman–Crippen LogP) is 1.75. The van der Waals surface area contributed by atoms with E-state index < -0.39 is 24.1 Å². The number of phenolic OH excluding ortho intramolecular Hbond substituents is 1. The van der Waals surface area contributed by atoms with Gasteiger partial charge in [-0.2, -0.15) is 13.2 Å². The number of alkyl halides is 3.